The molecule has 0 bridgehead atoms. The van der Waals surface area contributed by atoms with Gasteiger partial charge in [-0.2, -0.15) is 0 Å². The predicted molar refractivity (Wildman–Crippen MR) is 95.9 cm³/mol. The van der Waals surface area contributed by atoms with Gasteiger partial charge < -0.3 is 4.90 Å². The Morgan fingerprint density at radius 2 is 1.65 bits per heavy atom. The molecule has 0 saturated carbocycles. The Kier molecular flexibility index (Phi) is 3.91. The molecule has 2 heteroatoms. The summed E-state index contributed by atoms with van der Waals surface area (Å²) in [5.74, 6) is 0.0263. The smallest absolute Gasteiger partial charge is 0.185 e. The number of anilines is 1. The van der Waals surface area contributed by atoms with Crippen molar-refractivity contribution >= 4 is 11.5 Å². The van der Waals surface area contributed by atoms with E-state index in [4.69, 9.17) is 0 Å². The van der Waals surface area contributed by atoms with Gasteiger partial charge in [-0.3, -0.25) is 4.79 Å². The van der Waals surface area contributed by atoms with Gasteiger partial charge in [-0.1, -0.05) is 68.5 Å². The van der Waals surface area contributed by atoms with Crippen LogP contribution in [0.2, 0.25) is 0 Å². The standard InChI is InChI=1S/C21H21NO/c1-21(2)17-12-7-8-13-18(17)22(3)20(21)15-9-14-19(23)16-10-5-4-6-11-16/h4-15H,1-3H3/b14-9+,20-15+. The second kappa shape index (κ2) is 5.88. The molecule has 2 aromatic rings. The average Bonchev–Trinajstić information content (AvgIpc) is 2.76. The van der Waals surface area contributed by atoms with Gasteiger partial charge in [-0.05, 0) is 23.8 Å². The summed E-state index contributed by atoms with van der Waals surface area (Å²) in [6, 6.07) is 17.8. The first-order valence-corrected chi connectivity index (χ1v) is 7.83. The highest BCUT2D eigenvalue weighted by atomic mass is 16.1. The van der Waals surface area contributed by atoms with Crippen LogP contribution in [0, 0.1) is 0 Å². The second-order valence-corrected chi connectivity index (χ2v) is 6.34. The van der Waals surface area contributed by atoms with Gasteiger partial charge in [0, 0.05) is 29.4 Å². The molecule has 2 aromatic carbocycles. The second-order valence-electron chi connectivity index (χ2n) is 6.34. The molecule has 1 heterocycles. The number of hydrogen-bond donors (Lipinski definition) is 0. The maximum atomic E-state index is 12.1. The summed E-state index contributed by atoms with van der Waals surface area (Å²) in [6.07, 6.45) is 5.53. The number of likely N-dealkylation sites (N-methyl/N-ethyl adjacent to an activating group) is 1. The number of hydrogen-bond acceptors (Lipinski definition) is 2. The lowest BCUT2D eigenvalue weighted by Gasteiger charge is -2.23. The minimum absolute atomic E-state index is 0.0263. The van der Waals surface area contributed by atoms with Crippen molar-refractivity contribution in [3.63, 3.8) is 0 Å². The molecule has 1 aliphatic heterocycles. The zero-order valence-electron chi connectivity index (χ0n) is 13.8. The van der Waals surface area contributed by atoms with Crippen molar-refractivity contribution in [1.82, 2.24) is 0 Å². The van der Waals surface area contributed by atoms with E-state index < -0.39 is 0 Å². The molecule has 0 radical (unpaired) electrons. The topological polar surface area (TPSA) is 20.3 Å². The van der Waals surface area contributed by atoms with Gasteiger partial charge in [0.15, 0.2) is 5.78 Å². The molecule has 23 heavy (non-hydrogen) atoms. The van der Waals surface area contributed by atoms with Crippen molar-refractivity contribution in [1.29, 1.82) is 0 Å². The first-order chi connectivity index (χ1) is 11.0. The largest absolute Gasteiger partial charge is 0.347 e. The van der Waals surface area contributed by atoms with Gasteiger partial charge in [0.25, 0.3) is 0 Å². The molecule has 0 unspecified atom stereocenters. The molecule has 116 valence electrons. The van der Waals surface area contributed by atoms with Crippen molar-refractivity contribution in [2.45, 2.75) is 19.3 Å². The molecule has 0 saturated heterocycles. The number of benzene rings is 2. The van der Waals surface area contributed by atoms with Crippen molar-refractivity contribution < 1.29 is 4.79 Å². The number of fused-ring (bicyclic) bond motifs is 1. The van der Waals surface area contributed by atoms with Gasteiger partial charge in [-0.25, -0.2) is 0 Å². The Hall–Kier alpha value is -2.61. The molecule has 0 amide bonds. The summed E-state index contributed by atoms with van der Waals surface area (Å²) in [4.78, 5) is 14.4. The van der Waals surface area contributed by atoms with Crippen LogP contribution < -0.4 is 4.90 Å². The monoisotopic (exact) mass is 303 g/mol. The number of rotatable bonds is 3. The van der Waals surface area contributed by atoms with Crippen LogP contribution in [0.1, 0.15) is 29.8 Å². The van der Waals surface area contributed by atoms with E-state index in [0.29, 0.717) is 5.56 Å². The molecular weight excluding hydrogens is 282 g/mol. The molecule has 0 fully saturated rings. The zero-order valence-corrected chi connectivity index (χ0v) is 13.8. The summed E-state index contributed by atoms with van der Waals surface area (Å²) in [5.41, 5.74) is 4.38. The van der Waals surface area contributed by atoms with Gasteiger partial charge >= 0.3 is 0 Å². The lowest BCUT2D eigenvalue weighted by atomic mass is 9.84. The van der Waals surface area contributed by atoms with E-state index in [1.165, 1.54) is 16.9 Å². The minimum Gasteiger partial charge on any atom is -0.347 e. The average molecular weight is 303 g/mol. The van der Waals surface area contributed by atoms with Crippen molar-refractivity contribution in [3.8, 4) is 0 Å². The lowest BCUT2D eigenvalue weighted by molar-refractivity contribution is 0.104. The van der Waals surface area contributed by atoms with E-state index in [-0.39, 0.29) is 11.2 Å². The first kappa shape index (κ1) is 15.3. The van der Waals surface area contributed by atoms with E-state index in [2.05, 4.69) is 50.1 Å². The maximum absolute atomic E-state index is 12.1. The summed E-state index contributed by atoms with van der Waals surface area (Å²) in [6.45, 7) is 4.43. The normalized spacial score (nSPS) is 17.7. The third-order valence-electron chi connectivity index (χ3n) is 4.50. The molecular formula is C21H21NO. The van der Waals surface area contributed by atoms with Gasteiger partial charge in [-0.15, -0.1) is 0 Å². The predicted octanol–water partition coefficient (Wildman–Crippen LogP) is 4.74. The van der Waals surface area contributed by atoms with E-state index in [0.717, 1.165) is 0 Å². The molecule has 0 N–H and O–H groups in total. The number of allylic oxidation sites excluding steroid dienone is 4. The van der Waals surface area contributed by atoms with Crippen molar-refractivity contribution in [3.05, 3.63) is 89.6 Å². The fourth-order valence-corrected chi connectivity index (χ4v) is 3.23. The fraction of sp³-hybridized carbons (Fsp3) is 0.190. The quantitative estimate of drug-likeness (QED) is 0.603. The Bertz CT molecular complexity index is 784. The molecule has 1 aliphatic rings. The third kappa shape index (κ3) is 2.72. The summed E-state index contributed by atoms with van der Waals surface area (Å²) < 4.78 is 0. The third-order valence-corrected chi connectivity index (χ3v) is 4.50. The van der Waals surface area contributed by atoms with E-state index in [1.54, 1.807) is 6.08 Å². The first-order valence-electron chi connectivity index (χ1n) is 7.83. The van der Waals surface area contributed by atoms with Crippen LogP contribution in [0.25, 0.3) is 0 Å². The van der Waals surface area contributed by atoms with Gasteiger partial charge in [0.2, 0.25) is 0 Å². The zero-order chi connectivity index (χ0) is 16.4. The van der Waals surface area contributed by atoms with Crippen LogP contribution in [0.4, 0.5) is 5.69 Å². The fourth-order valence-electron chi connectivity index (χ4n) is 3.23. The SMILES string of the molecule is CN1/C(=C/C=C/C(=O)c2ccccc2)C(C)(C)c2ccccc21. The van der Waals surface area contributed by atoms with Gasteiger partial charge in [0.1, 0.15) is 0 Å². The Morgan fingerprint density at radius 3 is 2.35 bits per heavy atom. The van der Waals surface area contributed by atoms with Crippen LogP contribution in [0.5, 0.6) is 0 Å². The highest BCUT2D eigenvalue weighted by Crippen LogP contribution is 2.46. The van der Waals surface area contributed by atoms with Crippen molar-refractivity contribution in [2.24, 2.45) is 0 Å². The Labute approximate surface area is 137 Å². The number of carbonyl (C=O) groups excluding carboxylic acids is 1. The molecule has 3 rings (SSSR count). The molecule has 0 atom stereocenters. The summed E-state index contributed by atoms with van der Waals surface area (Å²) in [7, 11) is 2.08. The Morgan fingerprint density at radius 1 is 1.00 bits per heavy atom. The molecule has 0 spiro atoms. The number of para-hydroxylation sites is 1. The van der Waals surface area contributed by atoms with Crippen LogP contribution in [0.15, 0.2) is 78.5 Å². The molecule has 2 nitrogen and oxygen atoms in total. The summed E-state index contributed by atoms with van der Waals surface area (Å²) >= 11 is 0. The van der Waals surface area contributed by atoms with Crippen LogP contribution in [-0.2, 0) is 5.41 Å². The highest BCUT2D eigenvalue weighted by Gasteiger charge is 2.37. The van der Waals surface area contributed by atoms with E-state index >= 15 is 0 Å². The summed E-state index contributed by atoms with van der Waals surface area (Å²) in [5, 5.41) is 0. The van der Waals surface area contributed by atoms with E-state index in [9.17, 15) is 4.79 Å². The van der Waals surface area contributed by atoms with Gasteiger partial charge in [0.05, 0.1) is 0 Å². The number of ketones is 1. The molecule has 0 aromatic heterocycles. The molecule has 0 aliphatic carbocycles. The Balaban J connectivity index is 1.86. The van der Waals surface area contributed by atoms with E-state index in [1.807, 2.05) is 42.5 Å². The number of nitrogens with zero attached hydrogens (tertiary/aromatic N) is 1. The maximum Gasteiger partial charge on any atom is 0.185 e. The lowest BCUT2D eigenvalue weighted by Crippen LogP contribution is -2.22. The highest BCUT2D eigenvalue weighted by molar-refractivity contribution is 6.04. The number of carbonyl (C=O) groups is 1. The van der Waals surface area contributed by atoms with Crippen LogP contribution in [0.3, 0.4) is 0 Å². The van der Waals surface area contributed by atoms with Crippen LogP contribution in [-0.4, -0.2) is 12.8 Å². The van der Waals surface area contributed by atoms with Crippen molar-refractivity contribution in [2.75, 3.05) is 11.9 Å². The minimum atomic E-state index is -0.0640. The van der Waals surface area contributed by atoms with Crippen LogP contribution >= 0.6 is 0 Å².